The smallest absolute Gasteiger partial charge is 0.173 e. The molecule has 3 aromatic rings. The van der Waals surface area contributed by atoms with Gasteiger partial charge in [-0.25, -0.2) is 4.98 Å². The van der Waals surface area contributed by atoms with Gasteiger partial charge in [-0.1, -0.05) is 23.7 Å². The number of fused-ring (bicyclic) bond motifs is 1. The summed E-state index contributed by atoms with van der Waals surface area (Å²) in [6, 6.07) is 14.3. The first-order valence-electron chi connectivity index (χ1n) is 6.77. The zero-order chi connectivity index (χ0) is 15.5. The quantitative estimate of drug-likeness (QED) is 0.400. The number of aldehydes is 1. The van der Waals surface area contributed by atoms with Crippen LogP contribution < -0.4 is 0 Å². The molecular formula is C17H12ClNO2S. The van der Waals surface area contributed by atoms with Crippen molar-refractivity contribution in [2.75, 3.05) is 0 Å². The van der Waals surface area contributed by atoms with Gasteiger partial charge in [0.15, 0.2) is 5.78 Å². The fourth-order valence-electron chi connectivity index (χ4n) is 2.23. The summed E-state index contributed by atoms with van der Waals surface area (Å²) in [7, 11) is 0. The molecule has 1 unspecified atom stereocenters. The second-order valence-electron chi connectivity index (χ2n) is 4.89. The van der Waals surface area contributed by atoms with Crippen LogP contribution >= 0.6 is 22.9 Å². The number of carbonyl (C=O) groups excluding carboxylic acids is 2. The highest BCUT2D eigenvalue weighted by Crippen LogP contribution is 2.24. The molecule has 0 amide bonds. The summed E-state index contributed by atoms with van der Waals surface area (Å²) in [4.78, 5) is 28.2. The van der Waals surface area contributed by atoms with Crippen LogP contribution in [0.4, 0.5) is 0 Å². The number of hydrogen-bond acceptors (Lipinski definition) is 4. The molecular weight excluding hydrogens is 318 g/mol. The molecule has 3 nitrogen and oxygen atoms in total. The largest absolute Gasteiger partial charge is 0.303 e. The summed E-state index contributed by atoms with van der Waals surface area (Å²) in [5.41, 5.74) is 1.38. The van der Waals surface area contributed by atoms with E-state index in [2.05, 4.69) is 4.98 Å². The first-order valence-corrected chi connectivity index (χ1v) is 7.96. The Morgan fingerprint density at radius 3 is 2.59 bits per heavy atom. The Bertz CT molecular complexity index is 793. The zero-order valence-electron chi connectivity index (χ0n) is 11.5. The number of benzene rings is 2. The van der Waals surface area contributed by atoms with Crippen LogP contribution in [0.15, 0.2) is 48.5 Å². The third-order valence-corrected chi connectivity index (χ3v) is 4.67. The Balaban J connectivity index is 1.83. The number of para-hydroxylation sites is 1. The molecule has 0 fully saturated rings. The molecule has 0 bridgehead atoms. The molecule has 0 aliphatic rings. The molecule has 0 aliphatic carbocycles. The van der Waals surface area contributed by atoms with Crippen molar-refractivity contribution in [1.29, 1.82) is 0 Å². The maximum absolute atomic E-state index is 12.4. The molecule has 1 atom stereocenters. The van der Waals surface area contributed by atoms with E-state index in [1.54, 1.807) is 24.3 Å². The zero-order valence-corrected chi connectivity index (χ0v) is 13.1. The summed E-state index contributed by atoms with van der Waals surface area (Å²) in [6.45, 7) is 0. The molecule has 0 saturated carbocycles. The van der Waals surface area contributed by atoms with Crippen molar-refractivity contribution in [3.8, 4) is 0 Å². The van der Waals surface area contributed by atoms with Crippen molar-refractivity contribution in [2.45, 2.75) is 6.42 Å². The summed E-state index contributed by atoms with van der Waals surface area (Å²) >= 11 is 7.33. The summed E-state index contributed by atoms with van der Waals surface area (Å²) < 4.78 is 1.06. The number of thiazole rings is 1. The van der Waals surface area contributed by atoms with Gasteiger partial charge in [0.1, 0.15) is 6.29 Å². The van der Waals surface area contributed by atoms with Gasteiger partial charge < -0.3 is 4.79 Å². The minimum atomic E-state index is -0.721. The minimum absolute atomic E-state index is 0.203. The van der Waals surface area contributed by atoms with E-state index in [1.165, 1.54) is 11.3 Å². The predicted molar refractivity (Wildman–Crippen MR) is 88.7 cm³/mol. The summed E-state index contributed by atoms with van der Waals surface area (Å²) in [6.07, 6.45) is 1.02. The van der Waals surface area contributed by atoms with Crippen molar-refractivity contribution in [3.63, 3.8) is 0 Å². The number of nitrogens with zero attached hydrogens (tertiary/aromatic N) is 1. The molecule has 1 aromatic heterocycles. The Kier molecular flexibility index (Phi) is 4.32. The minimum Gasteiger partial charge on any atom is -0.303 e. The first-order chi connectivity index (χ1) is 10.7. The van der Waals surface area contributed by atoms with Gasteiger partial charge in [0.25, 0.3) is 0 Å². The molecule has 0 saturated heterocycles. The van der Waals surface area contributed by atoms with Gasteiger partial charge in [-0.3, -0.25) is 4.79 Å². The van der Waals surface area contributed by atoms with Crippen LogP contribution in [0.1, 0.15) is 15.4 Å². The van der Waals surface area contributed by atoms with Crippen LogP contribution in [0.25, 0.3) is 10.2 Å². The van der Waals surface area contributed by atoms with Crippen LogP contribution in [0.5, 0.6) is 0 Å². The van der Waals surface area contributed by atoms with E-state index in [0.29, 0.717) is 23.3 Å². The van der Waals surface area contributed by atoms with Crippen LogP contribution in [0.2, 0.25) is 5.02 Å². The lowest BCUT2D eigenvalue weighted by Crippen LogP contribution is -2.18. The number of hydrogen-bond donors (Lipinski definition) is 0. The first kappa shape index (κ1) is 14.9. The molecule has 2 aromatic carbocycles. The molecule has 0 spiro atoms. The second kappa shape index (κ2) is 6.38. The van der Waals surface area contributed by atoms with Gasteiger partial charge in [-0.15, -0.1) is 11.3 Å². The highest BCUT2D eigenvalue weighted by atomic mass is 35.5. The van der Waals surface area contributed by atoms with E-state index in [1.807, 2.05) is 24.3 Å². The average molecular weight is 330 g/mol. The average Bonchev–Trinajstić information content (AvgIpc) is 2.95. The number of Topliss-reactive ketones (excluding diaryl/α,β-unsaturated/α-hetero) is 1. The lowest BCUT2D eigenvalue weighted by molar-refractivity contribution is -0.109. The van der Waals surface area contributed by atoms with E-state index in [4.69, 9.17) is 11.6 Å². The van der Waals surface area contributed by atoms with Crippen molar-refractivity contribution in [1.82, 2.24) is 4.98 Å². The highest BCUT2D eigenvalue weighted by Gasteiger charge is 2.21. The lowest BCUT2D eigenvalue weighted by atomic mass is 9.96. The van der Waals surface area contributed by atoms with Crippen molar-refractivity contribution < 1.29 is 9.59 Å². The SMILES string of the molecule is O=CC(Cc1nc2ccccc2s1)C(=O)c1ccc(Cl)cc1. The van der Waals surface area contributed by atoms with E-state index in [9.17, 15) is 9.59 Å². The van der Waals surface area contributed by atoms with Gasteiger partial charge in [0.2, 0.25) is 0 Å². The second-order valence-corrected chi connectivity index (χ2v) is 6.44. The van der Waals surface area contributed by atoms with Crippen molar-refractivity contribution in [2.24, 2.45) is 5.92 Å². The Morgan fingerprint density at radius 2 is 1.91 bits per heavy atom. The molecule has 110 valence electrons. The third kappa shape index (κ3) is 3.08. The summed E-state index contributed by atoms with van der Waals surface area (Å²) in [5, 5.41) is 1.35. The summed E-state index contributed by atoms with van der Waals surface area (Å²) in [5.74, 6) is -0.923. The standard InChI is InChI=1S/C17H12ClNO2S/c18-13-7-5-11(6-8-13)17(21)12(10-20)9-16-19-14-3-1-2-4-15(14)22-16/h1-8,10,12H,9H2. The Labute approximate surface area is 136 Å². The van der Waals surface area contributed by atoms with E-state index >= 15 is 0 Å². The molecule has 0 aliphatic heterocycles. The Hall–Kier alpha value is -2.04. The lowest BCUT2D eigenvalue weighted by Gasteiger charge is -2.07. The maximum Gasteiger partial charge on any atom is 0.173 e. The molecule has 3 rings (SSSR count). The molecule has 0 radical (unpaired) electrons. The van der Waals surface area contributed by atoms with Gasteiger partial charge in [-0.05, 0) is 36.4 Å². The molecule has 1 heterocycles. The predicted octanol–water partition coefficient (Wildman–Crippen LogP) is 4.19. The van der Waals surface area contributed by atoms with Crippen LogP contribution in [0.3, 0.4) is 0 Å². The topological polar surface area (TPSA) is 47.0 Å². The Morgan fingerprint density at radius 1 is 1.18 bits per heavy atom. The van der Waals surface area contributed by atoms with Crippen molar-refractivity contribution in [3.05, 3.63) is 64.1 Å². The van der Waals surface area contributed by atoms with E-state index < -0.39 is 5.92 Å². The fourth-order valence-corrected chi connectivity index (χ4v) is 3.38. The van der Waals surface area contributed by atoms with Crippen LogP contribution in [0, 0.1) is 5.92 Å². The number of carbonyl (C=O) groups is 2. The number of ketones is 1. The fraction of sp³-hybridized carbons (Fsp3) is 0.118. The third-order valence-electron chi connectivity index (χ3n) is 3.36. The number of rotatable bonds is 5. The number of aromatic nitrogens is 1. The monoisotopic (exact) mass is 329 g/mol. The van der Waals surface area contributed by atoms with Gasteiger partial charge >= 0.3 is 0 Å². The van der Waals surface area contributed by atoms with Crippen molar-refractivity contribution >= 4 is 45.2 Å². The van der Waals surface area contributed by atoms with Crippen LogP contribution in [-0.2, 0) is 11.2 Å². The van der Waals surface area contributed by atoms with Gasteiger partial charge in [-0.2, -0.15) is 0 Å². The molecule has 22 heavy (non-hydrogen) atoms. The maximum atomic E-state index is 12.4. The van der Waals surface area contributed by atoms with Gasteiger partial charge in [0, 0.05) is 17.0 Å². The van der Waals surface area contributed by atoms with E-state index in [0.717, 1.165) is 15.2 Å². The van der Waals surface area contributed by atoms with Gasteiger partial charge in [0.05, 0.1) is 21.1 Å². The molecule has 5 heteroatoms. The van der Waals surface area contributed by atoms with E-state index in [-0.39, 0.29) is 5.78 Å². The normalized spacial score (nSPS) is 12.2. The number of halogens is 1. The molecule has 0 N–H and O–H groups in total. The highest BCUT2D eigenvalue weighted by molar-refractivity contribution is 7.18. The van der Waals surface area contributed by atoms with Crippen LogP contribution in [-0.4, -0.2) is 17.1 Å².